The van der Waals surface area contributed by atoms with Crippen molar-refractivity contribution in [1.29, 1.82) is 0 Å². The smallest absolute Gasteiger partial charge is 0.304 e. The van der Waals surface area contributed by atoms with Crippen LogP contribution in [0.25, 0.3) is 0 Å². The van der Waals surface area contributed by atoms with Crippen LogP contribution in [-0.2, 0) is 18.4 Å². The van der Waals surface area contributed by atoms with E-state index in [4.69, 9.17) is 0 Å². The summed E-state index contributed by atoms with van der Waals surface area (Å²) in [4.78, 5) is 10.7. The number of carbonyl (C=O) groups is 1. The van der Waals surface area contributed by atoms with Gasteiger partial charge >= 0.3 is 13.3 Å². The van der Waals surface area contributed by atoms with E-state index in [2.05, 4.69) is 9.05 Å². The van der Waals surface area contributed by atoms with E-state index in [0.29, 0.717) is 12.8 Å². The maximum atomic E-state index is 13.6. The molecule has 4 nitrogen and oxygen atoms in total. The standard InChI is InChI=1S/C10H19F2O4P/c1-4-6-15-17(14,16-7-5-2)10(11,12)8-9(3)13/h4-8H2,1-3H3. The molecule has 0 saturated carbocycles. The fraction of sp³-hybridized carbons (Fsp3) is 0.900. The molecule has 0 radical (unpaired) electrons. The highest BCUT2D eigenvalue weighted by Crippen LogP contribution is 2.63. The predicted octanol–water partition coefficient (Wildman–Crippen LogP) is 3.60. The van der Waals surface area contributed by atoms with Gasteiger partial charge in [0.05, 0.1) is 19.6 Å². The van der Waals surface area contributed by atoms with Gasteiger partial charge in [0.1, 0.15) is 5.78 Å². The molecule has 0 aliphatic carbocycles. The van der Waals surface area contributed by atoms with Crippen LogP contribution in [0.2, 0.25) is 0 Å². The van der Waals surface area contributed by atoms with Gasteiger partial charge in [0.2, 0.25) is 0 Å². The third-order valence-electron chi connectivity index (χ3n) is 1.79. The molecule has 0 N–H and O–H groups in total. The van der Waals surface area contributed by atoms with Crippen molar-refractivity contribution in [2.75, 3.05) is 13.2 Å². The van der Waals surface area contributed by atoms with E-state index >= 15 is 0 Å². The second-order valence-corrected chi connectivity index (χ2v) is 5.87. The maximum absolute atomic E-state index is 13.6. The van der Waals surface area contributed by atoms with Crippen molar-refractivity contribution in [1.82, 2.24) is 0 Å². The van der Waals surface area contributed by atoms with Crippen molar-refractivity contribution in [2.45, 2.75) is 45.7 Å². The Morgan fingerprint density at radius 2 is 1.59 bits per heavy atom. The van der Waals surface area contributed by atoms with E-state index < -0.39 is 25.5 Å². The molecule has 17 heavy (non-hydrogen) atoms. The zero-order chi connectivity index (χ0) is 13.5. The van der Waals surface area contributed by atoms with Crippen LogP contribution in [0.1, 0.15) is 40.0 Å². The lowest BCUT2D eigenvalue weighted by Crippen LogP contribution is -2.23. The first-order valence-electron chi connectivity index (χ1n) is 5.55. The van der Waals surface area contributed by atoms with Crippen LogP contribution in [0.5, 0.6) is 0 Å². The highest BCUT2D eigenvalue weighted by Gasteiger charge is 2.54. The van der Waals surface area contributed by atoms with Gasteiger partial charge in [0.25, 0.3) is 0 Å². The SMILES string of the molecule is CCCOP(=O)(OCCC)C(F)(F)CC(C)=O. The molecule has 0 aromatic carbocycles. The van der Waals surface area contributed by atoms with Crippen LogP contribution in [0.4, 0.5) is 8.78 Å². The Hall–Kier alpha value is -0.320. The number of hydrogen-bond acceptors (Lipinski definition) is 4. The van der Waals surface area contributed by atoms with Crippen LogP contribution < -0.4 is 0 Å². The minimum absolute atomic E-state index is 0.0888. The van der Waals surface area contributed by atoms with Crippen LogP contribution >= 0.6 is 7.60 Å². The second kappa shape index (κ2) is 7.19. The number of rotatable bonds is 9. The summed E-state index contributed by atoms with van der Waals surface area (Å²) in [5.74, 6) is -0.754. The number of carbonyl (C=O) groups excluding carboxylic acids is 1. The van der Waals surface area contributed by atoms with E-state index in [1.54, 1.807) is 13.8 Å². The molecule has 0 atom stereocenters. The maximum Gasteiger partial charge on any atom is 0.400 e. The summed E-state index contributed by atoms with van der Waals surface area (Å²) in [5.41, 5.74) is -3.76. The summed E-state index contributed by atoms with van der Waals surface area (Å²) in [7, 11) is -4.56. The Bertz CT molecular complexity index is 282. The summed E-state index contributed by atoms with van der Waals surface area (Å²) in [6.07, 6.45) is -0.247. The quantitative estimate of drug-likeness (QED) is 0.602. The lowest BCUT2D eigenvalue weighted by atomic mass is 10.3. The molecular weight excluding hydrogens is 253 g/mol. The molecule has 0 unspecified atom stereocenters. The highest BCUT2D eigenvalue weighted by molar-refractivity contribution is 7.55. The summed E-state index contributed by atoms with van der Waals surface area (Å²) in [6, 6.07) is 0. The van der Waals surface area contributed by atoms with E-state index in [-0.39, 0.29) is 13.2 Å². The first-order chi connectivity index (χ1) is 7.79. The third kappa shape index (κ3) is 5.23. The molecule has 0 aliphatic heterocycles. The van der Waals surface area contributed by atoms with Gasteiger partial charge in [0.15, 0.2) is 0 Å². The molecule has 0 fully saturated rings. The zero-order valence-corrected chi connectivity index (χ0v) is 11.3. The molecule has 0 bridgehead atoms. The molecular formula is C10H19F2O4P. The number of hydrogen-bond donors (Lipinski definition) is 0. The van der Waals surface area contributed by atoms with Crippen LogP contribution in [0, 0.1) is 0 Å². The summed E-state index contributed by atoms with van der Waals surface area (Å²) in [6.45, 7) is 4.24. The fourth-order valence-corrected chi connectivity index (χ4v) is 2.76. The first-order valence-corrected chi connectivity index (χ1v) is 7.09. The van der Waals surface area contributed by atoms with Crippen LogP contribution in [0.15, 0.2) is 0 Å². The van der Waals surface area contributed by atoms with Crippen molar-refractivity contribution in [3.05, 3.63) is 0 Å². The van der Waals surface area contributed by atoms with E-state index in [9.17, 15) is 18.1 Å². The number of alkyl halides is 2. The molecule has 0 amide bonds. The lowest BCUT2D eigenvalue weighted by Gasteiger charge is -2.25. The Morgan fingerprint density at radius 3 is 1.88 bits per heavy atom. The summed E-state index contributed by atoms with van der Waals surface area (Å²) >= 11 is 0. The molecule has 7 heteroatoms. The Morgan fingerprint density at radius 1 is 1.18 bits per heavy atom. The topological polar surface area (TPSA) is 52.6 Å². The fourth-order valence-electron chi connectivity index (χ4n) is 1.05. The molecule has 0 heterocycles. The molecule has 0 aromatic heterocycles. The number of halogens is 2. The monoisotopic (exact) mass is 272 g/mol. The van der Waals surface area contributed by atoms with Gasteiger partial charge in [-0.25, -0.2) is 0 Å². The Labute approximate surface area is 100 Å². The first kappa shape index (κ1) is 16.7. The van der Waals surface area contributed by atoms with E-state index in [0.717, 1.165) is 6.92 Å². The average molecular weight is 272 g/mol. The van der Waals surface area contributed by atoms with Gasteiger partial charge < -0.3 is 9.05 Å². The Balaban J connectivity index is 4.86. The zero-order valence-electron chi connectivity index (χ0n) is 10.4. The molecule has 0 saturated heterocycles. The van der Waals surface area contributed by atoms with Crippen molar-refractivity contribution < 1.29 is 27.2 Å². The summed E-state index contributed by atoms with van der Waals surface area (Å²) < 4.78 is 48.6. The van der Waals surface area contributed by atoms with Gasteiger partial charge in [-0.05, 0) is 19.8 Å². The van der Waals surface area contributed by atoms with Gasteiger partial charge in [-0.15, -0.1) is 0 Å². The Kier molecular flexibility index (Phi) is 7.05. The molecule has 102 valence electrons. The minimum Gasteiger partial charge on any atom is -0.304 e. The number of Topliss-reactive ketones (excluding diaryl/α,β-unsaturated/α-hetero) is 1. The van der Waals surface area contributed by atoms with Crippen molar-refractivity contribution in [3.8, 4) is 0 Å². The van der Waals surface area contributed by atoms with Crippen LogP contribution in [0.3, 0.4) is 0 Å². The van der Waals surface area contributed by atoms with Crippen molar-refractivity contribution >= 4 is 13.4 Å². The molecule has 0 rings (SSSR count). The van der Waals surface area contributed by atoms with Crippen molar-refractivity contribution in [2.24, 2.45) is 0 Å². The lowest BCUT2D eigenvalue weighted by molar-refractivity contribution is -0.121. The van der Waals surface area contributed by atoms with Crippen LogP contribution in [-0.4, -0.2) is 24.7 Å². The van der Waals surface area contributed by atoms with Gasteiger partial charge in [-0.3, -0.25) is 9.36 Å². The normalized spacial score (nSPS) is 12.8. The summed E-state index contributed by atoms with van der Waals surface area (Å²) in [5, 5.41) is 0. The van der Waals surface area contributed by atoms with Crippen molar-refractivity contribution in [3.63, 3.8) is 0 Å². The van der Waals surface area contributed by atoms with Gasteiger partial charge in [-0.1, -0.05) is 13.8 Å². The second-order valence-electron chi connectivity index (χ2n) is 3.71. The van der Waals surface area contributed by atoms with E-state index in [1.165, 1.54) is 0 Å². The average Bonchev–Trinajstić information content (AvgIpc) is 2.21. The third-order valence-corrected chi connectivity index (χ3v) is 3.80. The van der Waals surface area contributed by atoms with Gasteiger partial charge in [0, 0.05) is 0 Å². The largest absolute Gasteiger partial charge is 0.400 e. The molecule has 0 aromatic rings. The molecule has 0 aliphatic rings. The predicted molar refractivity (Wildman–Crippen MR) is 60.3 cm³/mol. The number of ketones is 1. The minimum atomic E-state index is -4.56. The highest BCUT2D eigenvalue weighted by atomic mass is 31.2. The van der Waals surface area contributed by atoms with E-state index in [1.807, 2.05) is 0 Å². The molecule has 0 spiro atoms. The van der Waals surface area contributed by atoms with Gasteiger partial charge in [-0.2, -0.15) is 8.78 Å².